The number of nitrogens with one attached hydrogen (secondary N) is 4. The Kier molecular flexibility index (Phi) is 29.8. The second-order valence-electron chi connectivity index (χ2n) is 19.1. The summed E-state index contributed by atoms with van der Waals surface area (Å²) >= 11 is 0. The summed E-state index contributed by atoms with van der Waals surface area (Å²) in [6.45, 7) is 4.51. The van der Waals surface area contributed by atoms with Gasteiger partial charge in [0.25, 0.3) is 5.91 Å². The molecule has 0 aliphatic heterocycles. The van der Waals surface area contributed by atoms with Crippen molar-refractivity contribution in [1.29, 1.82) is 0 Å². The minimum Gasteiger partial charge on any atom is -0.480 e. The highest BCUT2D eigenvalue weighted by Gasteiger charge is 2.28. The summed E-state index contributed by atoms with van der Waals surface area (Å²) in [6, 6.07) is 1.83. The molecule has 81 heavy (non-hydrogen) atoms. The number of carbonyl (C=O) groups is 9. The Bertz CT molecular complexity index is 2560. The van der Waals surface area contributed by atoms with E-state index in [0.717, 1.165) is 5.69 Å². The molecule has 30 heteroatoms. The molecule has 2 aromatic heterocycles. The van der Waals surface area contributed by atoms with E-state index in [2.05, 4.69) is 41.2 Å². The van der Waals surface area contributed by atoms with Crippen LogP contribution in [0.3, 0.4) is 0 Å². The van der Waals surface area contributed by atoms with Crippen molar-refractivity contribution in [2.24, 2.45) is 5.73 Å². The Balaban J connectivity index is 1.42. The number of rotatable bonds is 39. The third-order valence-corrected chi connectivity index (χ3v) is 12.5. The first kappa shape index (κ1) is 67.5. The van der Waals surface area contributed by atoms with E-state index in [-0.39, 0.29) is 139 Å². The number of hydroxylamine groups is 6. The van der Waals surface area contributed by atoms with Crippen LogP contribution in [-0.4, -0.2) is 193 Å². The standard InChI is InChI=1S/C51H79N15O15/c1-32(67)64(77)23-8-5-12-38(52)48(73)59-40(14-7-10-25-66(79)34(3)69)49(74)58-39(13-6-9-24-65(78)33(2)68)42(70)15-11-26-80-28-29-81-27-22-55-43(71)21-20-41(50(75)76)60-47(72)35-16-18-37(19-17-35)63(4)31-36-30-56-46-44(57-36)45(53)61-51(54)62-46/h16-19,30,38-41,77-79H,5-15,20-29,31,52H2,1-4H3,(H,55,71)(H,58,74)(H,59,73)(H,60,72)(H,75,76)(H4,53,54,56,61,62)/t38-,39-,40-,41-/m0/s1. The smallest absolute Gasteiger partial charge is 0.326 e. The monoisotopic (exact) mass is 1140 g/mol. The molecular weight excluding hydrogens is 1060 g/mol. The van der Waals surface area contributed by atoms with E-state index < -0.39 is 71.5 Å². The molecule has 30 nitrogen and oxygen atoms in total. The van der Waals surface area contributed by atoms with Crippen LogP contribution < -0.4 is 43.4 Å². The fourth-order valence-corrected chi connectivity index (χ4v) is 7.81. The van der Waals surface area contributed by atoms with Gasteiger partial charge in [0, 0.05) is 84.7 Å². The Morgan fingerprint density at radius 1 is 0.630 bits per heavy atom. The molecular formula is C51H79N15O15. The van der Waals surface area contributed by atoms with E-state index in [0.29, 0.717) is 58.6 Å². The highest BCUT2D eigenvalue weighted by Crippen LogP contribution is 2.19. The lowest BCUT2D eigenvalue weighted by Crippen LogP contribution is -2.54. The predicted molar refractivity (Wildman–Crippen MR) is 290 cm³/mol. The van der Waals surface area contributed by atoms with E-state index in [1.54, 1.807) is 19.2 Å². The molecule has 0 unspecified atom stereocenters. The number of Topliss-reactive ketones (excluding diaryl/α,β-unsaturated/α-hetero) is 1. The van der Waals surface area contributed by atoms with E-state index in [4.69, 9.17) is 26.7 Å². The van der Waals surface area contributed by atoms with Crippen LogP contribution >= 0.6 is 0 Å². The van der Waals surface area contributed by atoms with Crippen LogP contribution in [0.25, 0.3) is 11.2 Å². The number of benzene rings is 1. The molecule has 0 saturated carbocycles. The van der Waals surface area contributed by atoms with Gasteiger partial charge in [-0.2, -0.15) is 9.97 Å². The third kappa shape index (κ3) is 25.5. The van der Waals surface area contributed by atoms with Gasteiger partial charge in [-0.25, -0.2) is 30.0 Å². The van der Waals surface area contributed by atoms with Gasteiger partial charge in [0.2, 0.25) is 41.4 Å². The summed E-state index contributed by atoms with van der Waals surface area (Å²) in [6.07, 6.45) is 3.64. The highest BCUT2D eigenvalue weighted by atomic mass is 16.5. The molecule has 448 valence electrons. The maximum Gasteiger partial charge on any atom is 0.326 e. The number of nitrogen functional groups attached to an aromatic ring is 2. The van der Waals surface area contributed by atoms with Crippen LogP contribution in [0.1, 0.15) is 120 Å². The summed E-state index contributed by atoms with van der Waals surface area (Å²) < 4.78 is 11.1. The summed E-state index contributed by atoms with van der Waals surface area (Å²) in [5.41, 5.74) is 19.8. The minimum atomic E-state index is -1.35. The molecule has 1 aromatic carbocycles. The van der Waals surface area contributed by atoms with E-state index in [1.807, 2.05) is 4.90 Å². The van der Waals surface area contributed by atoms with Crippen molar-refractivity contribution in [2.45, 2.75) is 135 Å². The molecule has 7 amide bonds. The highest BCUT2D eigenvalue weighted by molar-refractivity contribution is 5.97. The van der Waals surface area contributed by atoms with Gasteiger partial charge >= 0.3 is 5.97 Å². The van der Waals surface area contributed by atoms with Gasteiger partial charge in [-0.1, -0.05) is 0 Å². The lowest BCUT2D eigenvalue weighted by Gasteiger charge is -2.25. The zero-order chi connectivity index (χ0) is 60.0. The van der Waals surface area contributed by atoms with Crippen molar-refractivity contribution in [2.75, 3.05) is 76.0 Å². The van der Waals surface area contributed by atoms with Crippen molar-refractivity contribution in [3.63, 3.8) is 0 Å². The average molecular weight is 1140 g/mol. The Morgan fingerprint density at radius 3 is 1.77 bits per heavy atom. The summed E-state index contributed by atoms with van der Waals surface area (Å²) in [7, 11) is 1.80. The van der Waals surface area contributed by atoms with Crippen LogP contribution in [-0.2, 0) is 54.4 Å². The molecule has 0 fully saturated rings. The number of hydrogen-bond donors (Lipinski definition) is 11. The Morgan fingerprint density at radius 2 is 1.19 bits per heavy atom. The number of carboxylic acid groups (broad SMARTS) is 1. The SMILES string of the molecule is CC(=O)N(O)CCCC[C@H](NC(=O)[C@H](CCCCN(O)C(C)=O)NC(=O)[C@@H](N)CCCCN(O)C(C)=O)C(=O)CCCOCCOCCNC(=O)CC[C@H](NC(=O)c1ccc(N(C)Cc2cnc3nc(N)nc(N)c3n2)cc1)C(=O)O. The third-order valence-electron chi connectivity index (χ3n) is 12.5. The number of hydrogen-bond acceptors (Lipinski definition) is 22. The number of fused-ring (bicyclic) bond motifs is 1. The molecule has 0 radical (unpaired) electrons. The van der Waals surface area contributed by atoms with Gasteiger partial charge in [0.1, 0.15) is 12.1 Å². The topological polar surface area (TPSA) is 444 Å². The molecule has 3 aromatic rings. The summed E-state index contributed by atoms with van der Waals surface area (Å²) in [5.74, 6) is -5.71. The van der Waals surface area contributed by atoms with E-state index in [9.17, 15) is 63.9 Å². The quantitative estimate of drug-likeness (QED) is 0.0206. The van der Waals surface area contributed by atoms with Crippen molar-refractivity contribution in [3.8, 4) is 0 Å². The van der Waals surface area contributed by atoms with Gasteiger partial charge in [0.15, 0.2) is 22.8 Å². The molecule has 3 rings (SSSR count). The van der Waals surface area contributed by atoms with Crippen LogP contribution in [0.2, 0.25) is 0 Å². The number of nitrogens with two attached hydrogens (primary N) is 3. The number of carboxylic acids is 1. The van der Waals surface area contributed by atoms with Crippen molar-refractivity contribution < 1.29 is 73.4 Å². The zero-order valence-electron chi connectivity index (χ0n) is 46.3. The second kappa shape index (κ2) is 35.8. The lowest BCUT2D eigenvalue weighted by atomic mass is 10.00. The zero-order valence-corrected chi connectivity index (χ0v) is 46.3. The van der Waals surface area contributed by atoms with Crippen LogP contribution in [0.15, 0.2) is 30.5 Å². The number of unbranched alkanes of at least 4 members (excludes halogenated alkanes) is 3. The number of nitrogens with zero attached hydrogens (tertiary/aromatic N) is 8. The van der Waals surface area contributed by atoms with Crippen molar-refractivity contribution in [1.82, 2.24) is 56.4 Å². The summed E-state index contributed by atoms with van der Waals surface area (Å²) in [4.78, 5) is 131. The minimum absolute atomic E-state index is 0.0126. The summed E-state index contributed by atoms with van der Waals surface area (Å²) in [5, 5.41) is 51.1. The van der Waals surface area contributed by atoms with Gasteiger partial charge in [-0.3, -0.25) is 54.0 Å². The molecule has 4 atom stereocenters. The second-order valence-corrected chi connectivity index (χ2v) is 19.1. The number of ketones is 1. The number of aromatic nitrogens is 4. The first-order chi connectivity index (χ1) is 38.5. The Hall–Kier alpha value is -7.77. The van der Waals surface area contributed by atoms with Crippen molar-refractivity contribution >= 4 is 81.7 Å². The maximum atomic E-state index is 13.8. The van der Waals surface area contributed by atoms with Crippen LogP contribution in [0.4, 0.5) is 17.5 Å². The first-order valence-corrected chi connectivity index (χ1v) is 26.6. The molecule has 0 bridgehead atoms. The number of ether oxygens (including phenoxy) is 2. The molecule has 0 aliphatic rings. The fourth-order valence-electron chi connectivity index (χ4n) is 7.81. The number of aliphatic carboxylic acids is 1. The molecule has 2 heterocycles. The normalized spacial score (nSPS) is 12.5. The molecule has 14 N–H and O–H groups in total. The largest absolute Gasteiger partial charge is 0.480 e. The fraction of sp³-hybridized carbons (Fsp3) is 0.588. The van der Waals surface area contributed by atoms with E-state index >= 15 is 0 Å². The van der Waals surface area contributed by atoms with Gasteiger partial charge in [-0.05, 0) is 94.9 Å². The Labute approximate surface area is 468 Å². The van der Waals surface area contributed by atoms with Gasteiger partial charge < -0.3 is 57.9 Å². The number of carbonyl (C=O) groups excluding carboxylic acids is 8. The lowest BCUT2D eigenvalue weighted by molar-refractivity contribution is -0.163. The first-order valence-electron chi connectivity index (χ1n) is 26.6. The van der Waals surface area contributed by atoms with Crippen molar-refractivity contribution in [3.05, 3.63) is 41.7 Å². The van der Waals surface area contributed by atoms with Crippen LogP contribution in [0, 0.1) is 0 Å². The van der Waals surface area contributed by atoms with Gasteiger partial charge in [0.05, 0.1) is 50.3 Å². The molecule has 0 saturated heterocycles. The number of anilines is 3. The average Bonchev–Trinajstić information content (AvgIpc) is 3.43. The molecule has 0 spiro atoms. The van der Waals surface area contributed by atoms with Gasteiger partial charge in [-0.15, -0.1) is 0 Å². The molecule has 0 aliphatic carbocycles. The predicted octanol–water partition coefficient (Wildman–Crippen LogP) is 0.203. The van der Waals surface area contributed by atoms with E-state index in [1.165, 1.54) is 39.1 Å². The maximum absolute atomic E-state index is 13.8. The van der Waals surface area contributed by atoms with Crippen LogP contribution in [0.5, 0.6) is 0 Å². The number of amides is 7.